The zero-order valence-electron chi connectivity index (χ0n) is 13.4. The first kappa shape index (κ1) is 16.3. The van der Waals surface area contributed by atoms with E-state index in [0.29, 0.717) is 18.0 Å². The molecule has 1 saturated heterocycles. The number of nitrogens with one attached hydrogen (secondary N) is 2. The normalized spacial score (nSPS) is 15.5. The lowest BCUT2D eigenvalue weighted by Crippen LogP contribution is -2.37. The SMILES string of the molecule is CCNC(=O)CNc1ccc(C(=O)N2CCC(C)CC2)cc1. The molecular weight excluding hydrogens is 278 g/mol. The number of hydrogen-bond donors (Lipinski definition) is 2. The molecule has 22 heavy (non-hydrogen) atoms. The first-order valence-corrected chi connectivity index (χ1v) is 8.00. The van der Waals surface area contributed by atoms with Crippen molar-refractivity contribution < 1.29 is 9.59 Å². The fraction of sp³-hybridized carbons (Fsp3) is 0.529. The maximum absolute atomic E-state index is 12.4. The van der Waals surface area contributed by atoms with Gasteiger partial charge in [-0.2, -0.15) is 0 Å². The summed E-state index contributed by atoms with van der Waals surface area (Å²) in [6.45, 7) is 6.68. The Morgan fingerprint density at radius 1 is 1.18 bits per heavy atom. The monoisotopic (exact) mass is 303 g/mol. The van der Waals surface area contributed by atoms with Crippen LogP contribution in [-0.2, 0) is 4.79 Å². The van der Waals surface area contributed by atoms with Gasteiger partial charge in [-0.1, -0.05) is 6.92 Å². The number of carbonyl (C=O) groups excluding carboxylic acids is 2. The Kier molecular flexibility index (Phi) is 5.81. The molecular formula is C17H25N3O2. The van der Waals surface area contributed by atoms with E-state index >= 15 is 0 Å². The Balaban J connectivity index is 1.88. The molecule has 0 saturated carbocycles. The molecule has 0 bridgehead atoms. The van der Waals surface area contributed by atoms with E-state index in [1.165, 1.54) is 0 Å². The van der Waals surface area contributed by atoms with Gasteiger partial charge in [-0.15, -0.1) is 0 Å². The highest BCUT2D eigenvalue weighted by Crippen LogP contribution is 2.19. The number of likely N-dealkylation sites (tertiary alicyclic amines) is 1. The van der Waals surface area contributed by atoms with Crippen molar-refractivity contribution in [2.24, 2.45) is 5.92 Å². The highest BCUT2D eigenvalue weighted by atomic mass is 16.2. The third-order valence-electron chi connectivity index (χ3n) is 4.03. The Bertz CT molecular complexity index is 505. The highest BCUT2D eigenvalue weighted by Gasteiger charge is 2.21. The van der Waals surface area contributed by atoms with Gasteiger partial charge in [0, 0.05) is 30.9 Å². The van der Waals surface area contributed by atoms with Gasteiger partial charge in [-0.3, -0.25) is 9.59 Å². The van der Waals surface area contributed by atoms with E-state index in [1.807, 2.05) is 36.1 Å². The van der Waals surface area contributed by atoms with Crippen molar-refractivity contribution in [2.45, 2.75) is 26.7 Å². The van der Waals surface area contributed by atoms with Crippen molar-refractivity contribution in [2.75, 3.05) is 31.5 Å². The molecule has 2 amide bonds. The second kappa shape index (κ2) is 7.82. The predicted molar refractivity (Wildman–Crippen MR) is 87.9 cm³/mol. The number of amides is 2. The van der Waals surface area contributed by atoms with Crippen LogP contribution in [0.5, 0.6) is 0 Å². The molecule has 1 aliphatic rings. The van der Waals surface area contributed by atoms with E-state index in [-0.39, 0.29) is 18.4 Å². The van der Waals surface area contributed by atoms with Crippen LogP contribution in [-0.4, -0.2) is 42.9 Å². The number of likely N-dealkylation sites (N-methyl/N-ethyl adjacent to an activating group) is 1. The molecule has 5 heteroatoms. The van der Waals surface area contributed by atoms with Crippen LogP contribution >= 0.6 is 0 Å². The van der Waals surface area contributed by atoms with Crippen molar-refractivity contribution in [1.29, 1.82) is 0 Å². The zero-order valence-corrected chi connectivity index (χ0v) is 13.4. The van der Waals surface area contributed by atoms with E-state index in [1.54, 1.807) is 0 Å². The Morgan fingerprint density at radius 2 is 1.82 bits per heavy atom. The van der Waals surface area contributed by atoms with E-state index in [2.05, 4.69) is 17.6 Å². The minimum absolute atomic E-state index is 0.0370. The lowest BCUT2D eigenvalue weighted by molar-refractivity contribution is -0.119. The van der Waals surface area contributed by atoms with Gasteiger partial charge in [-0.05, 0) is 49.9 Å². The van der Waals surface area contributed by atoms with Crippen molar-refractivity contribution >= 4 is 17.5 Å². The number of anilines is 1. The minimum Gasteiger partial charge on any atom is -0.376 e. The fourth-order valence-corrected chi connectivity index (χ4v) is 2.57. The Labute approximate surface area is 132 Å². The summed E-state index contributed by atoms with van der Waals surface area (Å²) in [4.78, 5) is 25.7. The van der Waals surface area contributed by atoms with Gasteiger partial charge in [0.2, 0.25) is 5.91 Å². The number of nitrogens with zero attached hydrogens (tertiary/aromatic N) is 1. The van der Waals surface area contributed by atoms with Gasteiger partial charge >= 0.3 is 0 Å². The average molecular weight is 303 g/mol. The van der Waals surface area contributed by atoms with Gasteiger partial charge in [0.1, 0.15) is 0 Å². The molecule has 1 heterocycles. The molecule has 2 rings (SSSR count). The standard InChI is InChI=1S/C17H25N3O2/c1-3-18-16(21)12-19-15-6-4-14(5-7-15)17(22)20-10-8-13(2)9-11-20/h4-7,13,19H,3,8-12H2,1-2H3,(H,18,21). The van der Waals surface area contributed by atoms with Crippen molar-refractivity contribution in [1.82, 2.24) is 10.2 Å². The summed E-state index contributed by atoms with van der Waals surface area (Å²) in [5.41, 5.74) is 1.55. The average Bonchev–Trinajstić information content (AvgIpc) is 2.54. The van der Waals surface area contributed by atoms with Crippen molar-refractivity contribution in [3.05, 3.63) is 29.8 Å². The molecule has 120 valence electrons. The molecule has 1 fully saturated rings. The van der Waals surface area contributed by atoms with Crippen LogP contribution in [0.15, 0.2) is 24.3 Å². The van der Waals surface area contributed by atoms with Crippen molar-refractivity contribution in [3.8, 4) is 0 Å². The third-order valence-corrected chi connectivity index (χ3v) is 4.03. The van der Waals surface area contributed by atoms with Gasteiger partial charge in [0.25, 0.3) is 5.91 Å². The van der Waals surface area contributed by atoms with E-state index < -0.39 is 0 Å². The van der Waals surface area contributed by atoms with E-state index in [0.717, 1.165) is 31.6 Å². The maximum Gasteiger partial charge on any atom is 0.253 e. The summed E-state index contributed by atoms with van der Waals surface area (Å²) in [7, 11) is 0. The molecule has 1 aliphatic heterocycles. The number of carbonyl (C=O) groups is 2. The van der Waals surface area contributed by atoms with E-state index in [4.69, 9.17) is 0 Å². The Hall–Kier alpha value is -2.04. The van der Waals surface area contributed by atoms with Gasteiger partial charge in [0.15, 0.2) is 0 Å². The predicted octanol–water partition coefficient (Wildman–Crippen LogP) is 2.11. The number of piperidine rings is 1. The first-order valence-electron chi connectivity index (χ1n) is 8.00. The van der Waals surface area contributed by atoms with Gasteiger partial charge in [-0.25, -0.2) is 0 Å². The molecule has 5 nitrogen and oxygen atoms in total. The topological polar surface area (TPSA) is 61.4 Å². The fourth-order valence-electron chi connectivity index (χ4n) is 2.57. The molecule has 0 aromatic heterocycles. The molecule has 0 atom stereocenters. The molecule has 1 aromatic rings. The second-order valence-corrected chi connectivity index (χ2v) is 5.86. The zero-order chi connectivity index (χ0) is 15.9. The van der Waals surface area contributed by atoms with Crippen LogP contribution in [0.2, 0.25) is 0 Å². The second-order valence-electron chi connectivity index (χ2n) is 5.86. The van der Waals surface area contributed by atoms with Gasteiger partial charge in [0.05, 0.1) is 6.54 Å². The highest BCUT2D eigenvalue weighted by molar-refractivity contribution is 5.94. The van der Waals surface area contributed by atoms with Crippen LogP contribution in [0, 0.1) is 5.92 Å². The molecule has 1 aromatic carbocycles. The van der Waals surface area contributed by atoms with Crippen LogP contribution in [0.4, 0.5) is 5.69 Å². The maximum atomic E-state index is 12.4. The minimum atomic E-state index is -0.0370. The molecule has 2 N–H and O–H groups in total. The largest absolute Gasteiger partial charge is 0.376 e. The van der Waals surface area contributed by atoms with Crippen LogP contribution in [0.25, 0.3) is 0 Å². The summed E-state index contributed by atoms with van der Waals surface area (Å²) in [5, 5.41) is 5.77. The van der Waals surface area contributed by atoms with Crippen LogP contribution in [0.1, 0.15) is 37.0 Å². The smallest absolute Gasteiger partial charge is 0.253 e. The van der Waals surface area contributed by atoms with E-state index in [9.17, 15) is 9.59 Å². The summed E-state index contributed by atoms with van der Waals surface area (Å²) in [5.74, 6) is 0.775. The van der Waals surface area contributed by atoms with Gasteiger partial charge < -0.3 is 15.5 Å². The summed E-state index contributed by atoms with van der Waals surface area (Å²) >= 11 is 0. The number of hydrogen-bond acceptors (Lipinski definition) is 3. The molecule has 0 unspecified atom stereocenters. The quantitative estimate of drug-likeness (QED) is 0.876. The van der Waals surface area contributed by atoms with Crippen LogP contribution in [0.3, 0.4) is 0 Å². The Morgan fingerprint density at radius 3 is 2.41 bits per heavy atom. The molecule has 0 radical (unpaired) electrons. The molecule has 0 spiro atoms. The summed E-state index contributed by atoms with van der Waals surface area (Å²) in [6, 6.07) is 7.33. The lowest BCUT2D eigenvalue weighted by atomic mass is 9.98. The number of rotatable bonds is 5. The van der Waals surface area contributed by atoms with Crippen LogP contribution < -0.4 is 10.6 Å². The molecule has 0 aliphatic carbocycles. The lowest BCUT2D eigenvalue weighted by Gasteiger charge is -2.30. The number of benzene rings is 1. The summed E-state index contributed by atoms with van der Waals surface area (Å²) in [6.07, 6.45) is 2.16. The van der Waals surface area contributed by atoms with Crippen molar-refractivity contribution in [3.63, 3.8) is 0 Å². The summed E-state index contributed by atoms with van der Waals surface area (Å²) < 4.78 is 0. The first-order chi connectivity index (χ1) is 10.6. The third kappa shape index (κ3) is 4.48.